The van der Waals surface area contributed by atoms with E-state index in [4.69, 9.17) is 9.47 Å². The van der Waals surface area contributed by atoms with Crippen molar-refractivity contribution in [2.75, 3.05) is 23.9 Å². The maximum atomic E-state index is 14.1. The molecule has 0 fully saturated rings. The van der Waals surface area contributed by atoms with E-state index in [0.717, 1.165) is 26.2 Å². The Morgan fingerprint density at radius 3 is 2.27 bits per heavy atom. The molecule has 4 rings (SSSR count). The van der Waals surface area contributed by atoms with Gasteiger partial charge in [0.15, 0.2) is 11.5 Å². The number of amides is 2. The summed E-state index contributed by atoms with van der Waals surface area (Å²) in [5.41, 5.74) is 1.92. The minimum absolute atomic E-state index is 0.0314. The molecule has 0 aromatic heterocycles. The number of hydrogen-bond donors (Lipinski definition) is 1. The van der Waals surface area contributed by atoms with E-state index in [9.17, 15) is 18.0 Å². The molecule has 1 atom stereocenters. The van der Waals surface area contributed by atoms with Gasteiger partial charge in [-0.1, -0.05) is 58.4 Å². The third-order valence-corrected chi connectivity index (χ3v) is 7.96. The number of carbonyl (C=O) groups is 2. The molecule has 3 aromatic rings. The van der Waals surface area contributed by atoms with Crippen LogP contribution in [0.15, 0.2) is 77.3 Å². The lowest BCUT2D eigenvalue weighted by Crippen LogP contribution is -2.54. The van der Waals surface area contributed by atoms with E-state index >= 15 is 0 Å². The van der Waals surface area contributed by atoms with Crippen LogP contribution in [0.4, 0.5) is 5.69 Å². The first-order valence-electron chi connectivity index (χ1n) is 12.8. The van der Waals surface area contributed by atoms with Crippen LogP contribution >= 0.6 is 15.9 Å². The van der Waals surface area contributed by atoms with Crippen LogP contribution in [0.3, 0.4) is 0 Å². The van der Waals surface area contributed by atoms with Crippen molar-refractivity contribution in [3.05, 3.63) is 88.4 Å². The Balaban J connectivity index is 1.72. The lowest BCUT2D eigenvalue weighted by molar-refractivity contribution is -0.140. The highest BCUT2D eigenvalue weighted by Crippen LogP contribution is 2.36. The minimum atomic E-state index is -3.88. The number of sulfonamides is 1. The smallest absolute Gasteiger partial charge is 0.244 e. The largest absolute Gasteiger partial charge is 0.454 e. The van der Waals surface area contributed by atoms with Gasteiger partial charge in [-0.25, -0.2) is 8.42 Å². The van der Waals surface area contributed by atoms with E-state index in [1.54, 1.807) is 12.1 Å². The van der Waals surface area contributed by atoms with Gasteiger partial charge in [-0.15, -0.1) is 0 Å². The zero-order chi connectivity index (χ0) is 28.9. The van der Waals surface area contributed by atoms with Crippen molar-refractivity contribution in [3.8, 4) is 11.5 Å². The molecule has 40 heavy (non-hydrogen) atoms. The molecule has 0 aliphatic carbocycles. The fraction of sp³-hybridized carbons (Fsp3) is 0.310. The summed E-state index contributed by atoms with van der Waals surface area (Å²) in [6, 6.07) is 20.5. The fourth-order valence-electron chi connectivity index (χ4n) is 4.38. The number of ether oxygens (including phenoxy) is 2. The van der Waals surface area contributed by atoms with E-state index in [2.05, 4.69) is 21.2 Å². The molecule has 11 heteroatoms. The topological polar surface area (TPSA) is 105 Å². The molecule has 2 amide bonds. The van der Waals surface area contributed by atoms with Gasteiger partial charge in [-0.2, -0.15) is 0 Å². The number of rotatable bonds is 11. The Kier molecular flexibility index (Phi) is 9.36. The summed E-state index contributed by atoms with van der Waals surface area (Å²) in [4.78, 5) is 29.1. The van der Waals surface area contributed by atoms with Crippen LogP contribution in [0, 0.1) is 0 Å². The monoisotopic (exact) mass is 629 g/mol. The van der Waals surface area contributed by atoms with Crippen molar-refractivity contribution in [1.29, 1.82) is 0 Å². The third-order valence-electron chi connectivity index (χ3n) is 6.29. The summed E-state index contributed by atoms with van der Waals surface area (Å²) in [7, 11) is -3.88. The highest BCUT2D eigenvalue weighted by atomic mass is 79.9. The second-order valence-corrected chi connectivity index (χ2v) is 12.6. The van der Waals surface area contributed by atoms with Crippen LogP contribution in [0.5, 0.6) is 11.5 Å². The predicted octanol–water partition coefficient (Wildman–Crippen LogP) is 4.11. The van der Waals surface area contributed by atoms with Crippen LogP contribution in [-0.2, 0) is 32.6 Å². The van der Waals surface area contributed by atoms with Crippen LogP contribution in [0.2, 0.25) is 0 Å². The van der Waals surface area contributed by atoms with Crippen LogP contribution in [-0.4, -0.2) is 56.8 Å². The van der Waals surface area contributed by atoms with Gasteiger partial charge in [0.1, 0.15) is 12.6 Å². The molecule has 0 radical (unpaired) electrons. The van der Waals surface area contributed by atoms with Gasteiger partial charge in [0.25, 0.3) is 0 Å². The van der Waals surface area contributed by atoms with Crippen molar-refractivity contribution in [1.82, 2.24) is 10.2 Å². The molecule has 0 spiro atoms. The van der Waals surface area contributed by atoms with Gasteiger partial charge in [0.2, 0.25) is 28.6 Å². The fourth-order valence-corrected chi connectivity index (χ4v) is 5.48. The summed E-state index contributed by atoms with van der Waals surface area (Å²) < 4.78 is 38.5. The van der Waals surface area contributed by atoms with Gasteiger partial charge in [0.05, 0.1) is 11.9 Å². The zero-order valence-electron chi connectivity index (χ0n) is 22.5. The molecular formula is C29H32BrN3O6S. The lowest BCUT2D eigenvalue weighted by Gasteiger charge is -2.34. The van der Waals surface area contributed by atoms with Crippen molar-refractivity contribution in [2.24, 2.45) is 0 Å². The van der Waals surface area contributed by atoms with Crippen molar-refractivity contribution < 1.29 is 27.5 Å². The highest BCUT2D eigenvalue weighted by Gasteiger charge is 2.33. The molecule has 1 aliphatic rings. The van der Waals surface area contributed by atoms with Crippen LogP contribution in [0.1, 0.15) is 25.0 Å². The van der Waals surface area contributed by atoms with Gasteiger partial charge in [-0.05, 0) is 49.2 Å². The number of benzene rings is 3. The minimum Gasteiger partial charge on any atom is -0.454 e. The predicted molar refractivity (Wildman–Crippen MR) is 157 cm³/mol. The molecule has 0 bridgehead atoms. The van der Waals surface area contributed by atoms with E-state index in [0.29, 0.717) is 11.5 Å². The first-order chi connectivity index (χ1) is 19.0. The Hall–Kier alpha value is -3.57. The maximum Gasteiger partial charge on any atom is 0.244 e. The Bertz CT molecular complexity index is 1450. The average molecular weight is 631 g/mol. The quantitative estimate of drug-likeness (QED) is 0.342. The zero-order valence-corrected chi connectivity index (χ0v) is 24.9. The summed E-state index contributed by atoms with van der Waals surface area (Å²) in [6.07, 6.45) is 1.29. The Morgan fingerprint density at radius 1 is 0.950 bits per heavy atom. The molecule has 3 aromatic carbocycles. The summed E-state index contributed by atoms with van der Waals surface area (Å²) in [5.74, 6) is 0.0430. The number of nitrogens with zero attached hydrogens (tertiary/aromatic N) is 2. The average Bonchev–Trinajstić information content (AvgIpc) is 3.38. The number of nitrogens with one attached hydrogen (secondary N) is 1. The summed E-state index contributed by atoms with van der Waals surface area (Å²) in [6.45, 7) is 3.33. The summed E-state index contributed by atoms with van der Waals surface area (Å²) >= 11 is 3.43. The van der Waals surface area contributed by atoms with Crippen molar-refractivity contribution >= 4 is 43.5 Å². The summed E-state index contributed by atoms with van der Waals surface area (Å²) in [5, 5.41) is 2.93. The van der Waals surface area contributed by atoms with E-state index < -0.39 is 28.5 Å². The molecule has 212 valence electrons. The first-order valence-corrected chi connectivity index (χ1v) is 15.4. The van der Waals surface area contributed by atoms with Crippen LogP contribution < -0.4 is 19.1 Å². The normalized spacial score (nSPS) is 13.1. The van der Waals surface area contributed by atoms with E-state index in [1.807, 2.05) is 68.4 Å². The second kappa shape index (κ2) is 12.7. The van der Waals surface area contributed by atoms with Crippen molar-refractivity contribution in [2.45, 2.75) is 38.9 Å². The molecule has 9 nitrogen and oxygen atoms in total. The highest BCUT2D eigenvalue weighted by molar-refractivity contribution is 9.10. The van der Waals surface area contributed by atoms with E-state index in [-0.39, 0.29) is 37.4 Å². The van der Waals surface area contributed by atoms with Gasteiger partial charge in [-0.3, -0.25) is 13.9 Å². The molecule has 1 unspecified atom stereocenters. The SMILES string of the molecule is CC(C)NC(=O)C(Cc1ccccc1)N(Cc1ccc(Br)cc1)C(=O)CN(c1ccc2c(c1)OCO2)S(C)(=O)=O. The van der Waals surface area contributed by atoms with Gasteiger partial charge < -0.3 is 19.7 Å². The lowest BCUT2D eigenvalue weighted by atomic mass is 10.0. The number of hydrogen-bond acceptors (Lipinski definition) is 6. The van der Waals surface area contributed by atoms with Crippen molar-refractivity contribution in [3.63, 3.8) is 0 Å². The standard InChI is InChI=1S/C29H32BrN3O6S/c1-20(2)31-29(35)25(15-21-7-5-4-6-8-21)32(17-22-9-11-23(30)12-10-22)28(34)18-33(40(3,36)37)24-13-14-26-27(16-24)39-19-38-26/h4-14,16,20,25H,15,17-19H2,1-3H3,(H,31,35). The Morgan fingerprint density at radius 2 is 1.62 bits per heavy atom. The second-order valence-electron chi connectivity index (χ2n) is 9.82. The molecule has 1 aliphatic heterocycles. The van der Waals surface area contributed by atoms with Crippen LogP contribution in [0.25, 0.3) is 0 Å². The number of fused-ring (bicyclic) bond motifs is 1. The molecule has 0 saturated heterocycles. The first kappa shape index (κ1) is 29.4. The molecule has 1 N–H and O–H groups in total. The number of anilines is 1. The molecule has 1 heterocycles. The molecule has 0 saturated carbocycles. The van der Waals surface area contributed by atoms with Gasteiger partial charge in [0, 0.05) is 29.5 Å². The maximum absolute atomic E-state index is 14.1. The molecular weight excluding hydrogens is 598 g/mol. The van der Waals surface area contributed by atoms with E-state index in [1.165, 1.54) is 11.0 Å². The Labute approximate surface area is 243 Å². The number of halogens is 1. The number of carbonyl (C=O) groups excluding carboxylic acids is 2. The third kappa shape index (κ3) is 7.54. The van der Waals surface area contributed by atoms with Gasteiger partial charge >= 0.3 is 0 Å².